The van der Waals surface area contributed by atoms with Gasteiger partial charge in [-0.25, -0.2) is 0 Å². The number of aliphatic hydroxyl groups excluding tert-OH is 2. The van der Waals surface area contributed by atoms with Gasteiger partial charge in [-0.05, 0) is 104 Å². The Bertz CT molecular complexity index is 620. The van der Waals surface area contributed by atoms with E-state index in [0.29, 0.717) is 41.4 Å². The number of aliphatic hydroxyl groups is 2. The summed E-state index contributed by atoms with van der Waals surface area (Å²) in [5.41, 5.74) is 0.533. The number of fused-ring (bicyclic) bond motifs is 5. The first-order chi connectivity index (χ1) is 13.7. The van der Waals surface area contributed by atoms with Crippen LogP contribution in [0.5, 0.6) is 0 Å². The van der Waals surface area contributed by atoms with Gasteiger partial charge in [0.15, 0.2) is 0 Å². The van der Waals surface area contributed by atoms with Crippen LogP contribution in [-0.4, -0.2) is 35.5 Å². The molecule has 166 valence electrons. The minimum absolute atomic E-state index is 0.0888. The summed E-state index contributed by atoms with van der Waals surface area (Å²) in [7, 11) is 1.48. The molecule has 0 unspecified atom stereocenters. The Kier molecular flexibility index (Phi) is 5.83. The molecule has 0 radical (unpaired) electrons. The molecule has 4 aliphatic carbocycles. The van der Waals surface area contributed by atoms with E-state index in [1.165, 1.54) is 32.8 Å². The van der Waals surface area contributed by atoms with Gasteiger partial charge in [-0.1, -0.05) is 20.8 Å². The third kappa shape index (κ3) is 3.46. The fraction of sp³-hybridized carbons (Fsp3) is 0.960. The van der Waals surface area contributed by atoms with E-state index in [-0.39, 0.29) is 29.5 Å². The Balaban J connectivity index is 1.52. The van der Waals surface area contributed by atoms with Gasteiger partial charge in [0.1, 0.15) is 0 Å². The number of hydrogen-bond donors (Lipinski definition) is 2. The van der Waals surface area contributed by atoms with Crippen LogP contribution in [0.4, 0.5) is 0 Å². The quantitative estimate of drug-likeness (QED) is 0.671. The topological polar surface area (TPSA) is 66.8 Å². The second-order valence-corrected chi connectivity index (χ2v) is 11.5. The van der Waals surface area contributed by atoms with Gasteiger partial charge in [0, 0.05) is 6.42 Å². The molecule has 2 N–H and O–H groups in total. The van der Waals surface area contributed by atoms with Gasteiger partial charge >= 0.3 is 5.97 Å². The monoisotopic (exact) mass is 406 g/mol. The lowest BCUT2D eigenvalue weighted by molar-refractivity contribution is -0.172. The fourth-order valence-electron chi connectivity index (χ4n) is 8.90. The molecule has 4 aliphatic rings. The zero-order valence-electron chi connectivity index (χ0n) is 18.9. The lowest BCUT2D eigenvalue weighted by atomic mass is 9.44. The fourth-order valence-corrected chi connectivity index (χ4v) is 8.90. The SMILES string of the molecule is COC(=O)CC[C@@H](C)[C@H]1CC[C@H]2[C@@H]3C[C@H](O)[C@@H]4C[C@H](O)CC[C@]4(C)[C@@H]3CC[C@]12C. The highest BCUT2D eigenvalue weighted by Gasteiger charge is 2.62. The van der Waals surface area contributed by atoms with Crippen LogP contribution in [0.3, 0.4) is 0 Å². The molecule has 4 rings (SSSR count). The van der Waals surface area contributed by atoms with Gasteiger partial charge in [-0.3, -0.25) is 4.79 Å². The Labute approximate surface area is 176 Å². The van der Waals surface area contributed by atoms with Crippen molar-refractivity contribution in [3.05, 3.63) is 0 Å². The first kappa shape index (κ1) is 21.6. The Morgan fingerprint density at radius 3 is 2.41 bits per heavy atom. The Morgan fingerprint density at radius 2 is 1.69 bits per heavy atom. The minimum atomic E-state index is -0.255. The van der Waals surface area contributed by atoms with Crippen LogP contribution in [0.15, 0.2) is 0 Å². The van der Waals surface area contributed by atoms with E-state index in [4.69, 9.17) is 4.74 Å². The summed E-state index contributed by atoms with van der Waals surface area (Å²) in [5, 5.41) is 21.3. The molecule has 0 aliphatic heterocycles. The van der Waals surface area contributed by atoms with Crippen molar-refractivity contribution in [2.75, 3.05) is 7.11 Å². The molecular formula is C25H42O4. The number of rotatable bonds is 4. The summed E-state index contributed by atoms with van der Waals surface area (Å²) in [4.78, 5) is 11.6. The lowest BCUT2D eigenvalue weighted by Gasteiger charge is -2.62. The predicted molar refractivity (Wildman–Crippen MR) is 113 cm³/mol. The van der Waals surface area contributed by atoms with E-state index in [9.17, 15) is 15.0 Å². The average molecular weight is 407 g/mol. The average Bonchev–Trinajstić information content (AvgIpc) is 3.05. The minimum Gasteiger partial charge on any atom is -0.469 e. The third-order valence-electron chi connectivity index (χ3n) is 10.4. The van der Waals surface area contributed by atoms with Crippen LogP contribution in [0, 0.1) is 46.3 Å². The van der Waals surface area contributed by atoms with E-state index in [2.05, 4.69) is 20.8 Å². The van der Waals surface area contributed by atoms with Gasteiger partial charge in [-0.2, -0.15) is 0 Å². The van der Waals surface area contributed by atoms with E-state index < -0.39 is 0 Å². The first-order valence-electron chi connectivity index (χ1n) is 12.1. The molecule has 4 saturated carbocycles. The molecule has 0 heterocycles. The number of carbonyl (C=O) groups is 1. The number of carbonyl (C=O) groups excluding carboxylic acids is 1. The number of esters is 1. The van der Waals surface area contributed by atoms with Crippen molar-refractivity contribution in [1.82, 2.24) is 0 Å². The normalized spacial score (nSPS) is 50.2. The summed E-state index contributed by atoms with van der Waals surface area (Å²) in [6, 6.07) is 0. The number of hydrogen-bond acceptors (Lipinski definition) is 4. The molecule has 0 aromatic carbocycles. The Morgan fingerprint density at radius 1 is 1.00 bits per heavy atom. The number of ether oxygens (including phenoxy) is 1. The van der Waals surface area contributed by atoms with Crippen molar-refractivity contribution in [2.24, 2.45) is 46.3 Å². The molecule has 0 saturated heterocycles. The standard InChI is InChI=1S/C25H42O4/c1-15(5-8-23(28)29-4)18-6-7-19-17-14-22(27)21-13-16(26)9-11-25(21,3)20(17)10-12-24(18,19)2/h15-22,26-27H,5-14H2,1-4H3/t15-,16-,17+,18-,19+,20-,21+,22+,24-,25-/m1/s1. The summed E-state index contributed by atoms with van der Waals surface area (Å²) in [6.45, 7) is 7.28. The molecule has 0 amide bonds. The van der Waals surface area contributed by atoms with Gasteiger partial charge in [-0.15, -0.1) is 0 Å². The molecule has 29 heavy (non-hydrogen) atoms. The van der Waals surface area contributed by atoms with E-state index in [0.717, 1.165) is 32.1 Å². The molecular weight excluding hydrogens is 364 g/mol. The molecule has 0 aromatic heterocycles. The second kappa shape index (κ2) is 7.82. The smallest absolute Gasteiger partial charge is 0.305 e. The highest BCUT2D eigenvalue weighted by molar-refractivity contribution is 5.69. The van der Waals surface area contributed by atoms with Crippen molar-refractivity contribution >= 4 is 5.97 Å². The van der Waals surface area contributed by atoms with Crippen LogP contribution in [0.1, 0.15) is 85.0 Å². The molecule has 10 atom stereocenters. The summed E-state index contributed by atoms with van der Waals surface area (Å²) >= 11 is 0. The highest BCUT2D eigenvalue weighted by atomic mass is 16.5. The molecule has 0 spiro atoms. The van der Waals surface area contributed by atoms with Gasteiger partial charge in [0.05, 0.1) is 19.3 Å². The molecule has 0 bridgehead atoms. The van der Waals surface area contributed by atoms with Crippen LogP contribution < -0.4 is 0 Å². The van der Waals surface area contributed by atoms with E-state index in [1.807, 2.05) is 0 Å². The molecule has 0 aromatic rings. The maximum Gasteiger partial charge on any atom is 0.305 e. The maximum atomic E-state index is 11.6. The summed E-state index contributed by atoms with van der Waals surface area (Å²) in [5.74, 6) is 3.42. The zero-order chi connectivity index (χ0) is 21.0. The van der Waals surface area contributed by atoms with Gasteiger partial charge in [0.2, 0.25) is 0 Å². The predicted octanol–water partition coefficient (Wildman–Crippen LogP) is 4.57. The van der Waals surface area contributed by atoms with Gasteiger partial charge in [0.25, 0.3) is 0 Å². The van der Waals surface area contributed by atoms with Gasteiger partial charge < -0.3 is 14.9 Å². The summed E-state index contributed by atoms with van der Waals surface area (Å²) in [6.07, 6.45) is 9.77. The zero-order valence-corrected chi connectivity index (χ0v) is 18.9. The molecule has 4 fully saturated rings. The maximum absolute atomic E-state index is 11.6. The van der Waals surface area contributed by atoms with Crippen molar-refractivity contribution in [3.63, 3.8) is 0 Å². The van der Waals surface area contributed by atoms with Crippen molar-refractivity contribution < 1.29 is 19.7 Å². The lowest BCUT2D eigenvalue weighted by Crippen LogP contribution is -2.58. The molecule has 4 heteroatoms. The van der Waals surface area contributed by atoms with Crippen LogP contribution in [0.2, 0.25) is 0 Å². The van der Waals surface area contributed by atoms with Crippen molar-refractivity contribution in [1.29, 1.82) is 0 Å². The van der Waals surface area contributed by atoms with Crippen molar-refractivity contribution in [3.8, 4) is 0 Å². The largest absolute Gasteiger partial charge is 0.469 e. The van der Waals surface area contributed by atoms with Crippen molar-refractivity contribution in [2.45, 2.75) is 97.2 Å². The van der Waals surface area contributed by atoms with Crippen LogP contribution in [0.25, 0.3) is 0 Å². The van der Waals surface area contributed by atoms with E-state index >= 15 is 0 Å². The second-order valence-electron chi connectivity index (χ2n) is 11.5. The third-order valence-corrected chi connectivity index (χ3v) is 10.4. The van der Waals surface area contributed by atoms with E-state index in [1.54, 1.807) is 0 Å². The highest BCUT2D eigenvalue weighted by Crippen LogP contribution is 2.68. The van der Waals surface area contributed by atoms with Crippen LogP contribution in [-0.2, 0) is 9.53 Å². The summed E-state index contributed by atoms with van der Waals surface area (Å²) < 4.78 is 4.86. The molecule has 4 nitrogen and oxygen atoms in total. The first-order valence-corrected chi connectivity index (χ1v) is 12.1. The number of methoxy groups -OCH3 is 1. The van der Waals surface area contributed by atoms with Crippen LogP contribution >= 0.6 is 0 Å². The Hall–Kier alpha value is -0.610.